The van der Waals surface area contributed by atoms with E-state index in [1.807, 2.05) is 0 Å². The Hall–Kier alpha value is -4.28. The number of carbonyl (C=O) groups is 4. The number of nitrogens with zero attached hydrogens (tertiary/aromatic N) is 2. The maximum Gasteiger partial charge on any atom is 0.407 e. The highest BCUT2D eigenvalue weighted by atomic mass is 16.6. The molecule has 2 aromatic carbocycles. The molecule has 0 radical (unpaired) electrons. The second-order valence-electron chi connectivity index (χ2n) is 7.74. The number of nitro benzene ring substituents is 1. The van der Waals surface area contributed by atoms with Crippen molar-refractivity contribution in [3.63, 3.8) is 0 Å². The normalized spacial score (nSPS) is 17.4. The van der Waals surface area contributed by atoms with Crippen molar-refractivity contribution in [2.24, 2.45) is 0 Å². The summed E-state index contributed by atoms with van der Waals surface area (Å²) in [7, 11) is 0. The number of rotatable bonds is 6. The van der Waals surface area contributed by atoms with Gasteiger partial charge in [-0.25, -0.2) is 4.79 Å². The zero-order chi connectivity index (χ0) is 23.5. The first-order valence-corrected chi connectivity index (χ1v) is 10.2. The summed E-state index contributed by atoms with van der Waals surface area (Å²) in [5.74, 6) is -1.10. The van der Waals surface area contributed by atoms with E-state index in [1.54, 1.807) is 18.2 Å². The van der Waals surface area contributed by atoms with Gasteiger partial charge in [0.1, 0.15) is 12.6 Å². The fraction of sp³-hybridized carbons (Fsp3) is 0.273. The molecule has 0 bridgehead atoms. The Balaban J connectivity index is 1.31. The van der Waals surface area contributed by atoms with Crippen molar-refractivity contribution < 1.29 is 28.8 Å². The number of hydrogen-bond acceptors (Lipinski definition) is 7. The van der Waals surface area contributed by atoms with E-state index in [0.29, 0.717) is 23.1 Å². The van der Waals surface area contributed by atoms with Crippen LogP contribution in [-0.4, -0.2) is 39.7 Å². The van der Waals surface area contributed by atoms with Crippen LogP contribution < -0.4 is 10.6 Å². The summed E-state index contributed by atoms with van der Waals surface area (Å²) >= 11 is 0. The molecule has 0 aromatic heterocycles. The van der Waals surface area contributed by atoms with Crippen LogP contribution in [0.15, 0.2) is 42.5 Å². The zero-order valence-electron chi connectivity index (χ0n) is 17.4. The second-order valence-corrected chi connectivity index (χ2v) is 7.74. The van der Waals surface area contributed by atoms with E-state index in [2.05, 4.69) is 10.6 Å². The third kappa shape index (κ3) is 4.81. The largest absolute Gasteiger partial charge is 0.445 e. The van der Waals surface area contributed by atoms with Crippen LogP contribution in [0.2, 0.25) is 0 Å². The molecule has 33 heavy (non-hydrogen) atoms. The number of benzene rings is 2. The lowest BCUT2D eigenvalue weighted by Gasteiger charge is -2.29. The van der Waals surface area contributed by atoms with Gasteiger partial charge in [0.2, 0.25) is 11.8 Å². The lowest BCUT2D eigenvalue weighted by atomic mass is 10.0. The first-order valence-electron chi connectivity index (χ1n) is 10.2. The number of nitrogens with one attached hydrogen (secondary N) is 2. The van der Waals surface area contributed by atoms with Gasteiger partial charge in [-0.2, -0.15) is 0 Å². The molecule has 1 fully saturated rings. The van der Waals surface area contributed by atoms with Gasteiger partial charge >= 0.3 is 6.09 Å². The van der Waals surface area contributed by atoms with E-state index >= 15 is 0 Å². The van der Waals surface area contributed by atoms with Crippen LogP contribution in [0.3, 0.4) is 0 Å². The smallest absolute Gasteiger partial charge is 0.407 e. The van der Waals surface area contributed by atoms with Gasteiger partial charge in [0, 0.05) is 37.2 Å². The average molecular weight is 452 g/mol. The van der Waals surface area contributed by atoms with E-state index < -0.39 is 23.0 Å². The quantitative estimate of drug-likeness (QED) is 0.386. The summed E-state index contributed by atoms with van der Waals surface area (Å²) in [6.45, 7) is 0.358. The molecular formula is C22H20N4O7. The number of piperidine rings is 1. The van der Waals surface area contributed by atoms with Crippen molar-refractivity contribution in [1.29, 1.82) is 0 Å². The fourth-order valence-electron chi connectivity index (χ4n) is 3.80. The van der Waals surface area contributed by atoms with Gasteiger partial charge in [0.25, 0.3) is 11.6 Å². The monoisotopic (exact) mass is 452 g/mol. The lowest BCUT2D eigenvalue weighted by Crippen LogP contribution is -2.52. The lowest BCUT2D eigenvalue weighted by molar-refractivity contribution is -0.384. The molecule has 1 atom stereocenters. The Labute approximate surface area is 187 Å². The molecule has 170 valence electrons. The number of ether oxygens (including phenoxy) is 1. The first-order chi connectivity index (χ1) is 15.8. The molecule has 1 unspecified atom stereocenters. The van der Waals surface area contributed by atoms with Crippen LogP contribution in [0.4, 0.5) is 10.5 Å². The Bertz CT molecular complexity index is 1150. The van der Waals surface area contributed by atoms with Gasteiger partial charge in [-0.3, -0.25) is 29.8 Å². The van der Waals surface area contributed by atoms with Crippen molar-refractivity contribution in [2.45, 2.75) is 38.6 Å². The van der Waals surface area contributed by atoms with Gasteiger partial charge in [-0.1, -0.05) is 12.1 Å². The number of hydrogen-bond donors (Lipinski definition) is 2. The molecule has 4 rings (SSSR count). The predicted molar refractivity (Wildman–Crippen MR) is 113 cm³/mol. The Morgan fingerprint density at radius 2 is 1.88 bits per heavy atom. The highest BCUT2D eigenvalue weighted by molar-refractivity contribution is 6.05. The van der Waals surface area contributed by atoms with Crippen molar-refractivity contribution in [3.8, 4) is 0 Å². The van der Waals surface area contributed by atoms with Crippen molar-refractivity contribution in [1.82, 2.24) is 15.5 Å². The number of imide groups is 1. The average Bonchev–Trinajstić information content (AvgIpc) is 3.12. The van der Waals surface area contributed by atoms with Crippen molar-refractivity contribution in [3.05, 3.63) is 74.8 Å². The first kappa shape index (κ1) is 21.9. The number of alkyl carbamates (subject to hydrolysis) is 1. The molecule has 0 spiro atoms. The predicted octanol–water partition coefficient (Wildman–Crippen LogP) is 1.78. The number of amides is 4. The fourth-order valence-corrected chi connectivity index (χ4v) is 3.80. The van der Waals surface area contributed by atoms with Crippen LogP contribution in [0.25, 0.3) is 0 Å². The van der Waals surface area contributed by atoms with Gasteiger partial charge in [-0.15, -0.1) is 0 Å². The molecular weight excluding hydrogens is 432 g/mol. The van der Waals surface area contributed by atoms with E-state index in [9.17, 15) is 29.3 Å². The summed E-state index contributed by atoms with van der Waals surface area (Å²) in [5, 5.41) is 15.5. The summed E-state index contributed by atoms with van der Waals surface area (Å²) in [5.41, 5.74) is 2.46. The van der Waals surface area contributed by atoms with Crippen LogP contribution in [0.5, 0.6) is 0 Å². The van der Waals surface area contributed by atoms with E-state index in [4.69, 9.17) is 4.74 Å². The standard InChI is InChI=1S/C22H20N4O7/c27-19-8-7-18(20(28)24-19)25-11-15-4-1-14(9-17(15)21(25)29)10-23-22(30)33-12-13-2-5-16(6-3-13)26(31)32/h1-6,9,18H,7-8,10-12H2,(H,23,30)(H,24,27,28). The zero-order valence-corrected chi connectivity index (χ0v) is 17.4. The van der Waals surface area contributed by atoms with E-state index in [0.717, 1.165) is 5.56 Å². The van der Waals surface area contributed by atoms with Gasteiger partial charge in [0.15, 0.2) is 0 Å². The van der Waals surface area contributed by atoms with Crippen LogP contribution in [-0.2, 0) is 34.0 Å². The molecule has 1 saturated heterocycles. The molecule has 2 aliphatic rings. The molecule has 11 nitrogen and oxygen atoms in total. The van der Waals surface area contributed by atoms with Gasteiger partial charge in [0.05, 0.1) is 4.92 Å². The topological polar surface area (TPSA) is 148 Å². The summed E-state index contributed by atoms with van der Waals surface area (Å²) in [6, 6.07) is 10.2. The summed E-state index contributed by atoms with van der Waals surface area (Å²) < 4.78 is 5.11. The minimum Gasteiger partial charge on any atom is -0.445 e. The molecule has 2 heterocycles. The minimum absolute atomic E-state index is 0.0482. The molecule has 4 amide bonds. The second kappa shape index (κ2) is 9.07. The Morgan fingerprint density at radius 3 is 2.58 bits per heavy atom. The molecule has 2 N–H and O–H groups in total. The van der Waals surface area contributed by atoms with Gasteiger partial charge in [-0.05, 0) is 41.3 Å². The molecule has 11 heteroatoms. The number of carbonyl (C=O) groups excluding carboxylic acids is 4. The SMILES string of the molecule is O=C1CCC(N2Cc3ccc(CNC(=O)OCc4ccc([N+](=O)[O-])cc4)cc3C2=O)C(=O)N1. The summed E-state index contributed by atoms with van der Waals surface area (Å²) in [4.78, 5) is 60.0. The third-order valence-corrected chi connectivity index (χ3v) is 5.55. The maximum atomic E-state index is 12.8. The molecule has 0 aliphatic carbocycles. The highest BCUT2D eigenvalue weighted by Crippen LogP contribution is 2.28. The molecule has 0 saturated carbocycles. The summed E-state index contributed by atoms with van der Waals surface area (Å²) in [6.07, 6.45) is -0.196. The molecule has 2 aromatic rings. The third-order valence-electron chi connectivity index (χ3n) is 5.55. The number of nitro groups is 1. The number of non-ortho nitro benzene ring substituents is 1. The highest BCUT2D eigenvalue weighted by Gasteiger charge is 2.39. The Morgan fingerprint density at radius 1 is 1.15 bits per heavy atom. The van der Waals surface area contributed by atoms with Crippen LogP contribution in [0.1, 0.15) is 39.9 Å². The van der Waals surface area contributed by atoms with E-state index in [1.165, 1.54) is 29.2 Å². The molecule has 2 aliphatic heterocycles. The van der Waals surface area contributed by atoms with Crippen LogP contribution >= 0.6 is 0 Å². The Kier molecular flexibility index (Phi) is 6.03. The van der Waals surface area contributed by atoms with E-state index in [-0.39, 0.29) is 43.6 Å². The van der Waals surface area contributed by atoms with Crippen molar-refractivity contribution in [2.75, 3.05) is 0 Å². The number of fused-ring (bicyclic) bond motifs is 1. The van der Waals surface area contributed by atoms with Crippen molar-refractivity contribution >= 4 is 29.5 Å². The van der Waals surface area contributed by atoms with Crippen LogP contribution in [0, 0.1) is 10.1 Å². The van der Waals surface area contributed by atoms with Gasteiger partial charge < -0.3 is 15.0 Å². The maximum absolute atomic E-state index is 12.8. The minimum atomic E-state index is -0.682.